The first-order chi connectivity index (χ1) is 34.1. The third-order valence-corrected chi connectivity index (χ3v) is 14.5. The summed E-state index contributed by atoms with van der Waals surface area (Å²) in [6.45, 7) is 2.62. The number of aliphatic hydroxyl groups excluding tert-OH is 8. The van der Waals surface area contributed by atoms with Crippen LogP contribution in [0, 0.1) is 0 Å². The minimum Gasteiger partial charge on any atom is -0.394 e. The molecule has 0 aliphatic carbocycles. The Bertz CT molecular complexity index is 1230. The van der Waals surface area contributed by atoms with E-state index >= 15 is 0 Å². The number of nitrogens with one attached hydrogen (secondary N) is 1. The zero-order chi connectivity index (χ0) is 51.0. The number of rotatable bonds is 46. The Kier molecular flexibility index (Phi) is 39.9. The molecule has 9 N–H and O–H groups in total. The number of unbranched alkanes of at least 4 members (excludes halogenated alkanes) is 33. The molecule has 2 fully saturated rings. The molecule has 14 heteroatoms. The maximum atomic E-state index is 12.8. The fourth-order valence-electron chi connectivity index (χ4n) is 9.76. The molecule has 2 aliphatic heterocycles. The number of hydrogen-bond donors (Lipinski definition) is 9. The Morgan fingerprint density at radius 2 is 0.886 bits per heavy atom. The second-order valence-corrected chi connectivity index (χ2v) is 20.8. The predicted octanol–water partition coefficient (Wildman–Crippen LogP) is 9.11. The molecule has 0 aromatic heterocycles. The van der Waals surface area contributed by atoms with Crippen molar-refractivity contribution in [3.8, 4) is 0 Å². The predicted molar refractivity (Wildman–Crippen MR) is 277 cm³/mol. The molecular weight excluding hydrogens is 895 g/mol. The van der Waals surface area contributed by atoms with E-state index < -0.39 is 86.8 Å². The Labute approximate surface area is 425 Å². The summed E-state index contributed by atoms with van der Waals surface area (Å²) in [5.74, 6) is -0.262. The van der Waals surface area contributed by atoms with Crippen LogP contribution < -0.4 is 5.32 Å². The number of allylic oxidation sites excluding steroid dienone is 1. The van der Waals surface area contributed by atoms with E-state index in [2.05, 4.69) is 12.2 Å². The van der Waals surface area contributed by atoms with Crippen molar-refractivity contribution >= 4 is 5.91 Å². The average molecular weight is 1000 g/mol. The summed E-state index contributed by atoms with van der Waals surface area (Å²) in [5, 5.41) is 86.2. The van der Waals surface area contributed by atoms with Crippen molar-refractivity contribution in [2.75, 3.05) is 19.8 Å². The Balaban J connectivity index is 1.53. The van der Waals surface area contributed by atoms with Gasteiger partial charge in [0, 0.05) is 6.42 Å². The van der Waals surface area contributed by atoms with Crippen molar-refractivity contribution < 1.29 is 64.6 Å². The molecule has 2 rings (SSSR count). The maximum Gasteiger partial charge on any atom is 0.220 e. The van der Waals surface area contributed by atoms with Crippen molar-refractivity contribution in [2.45, 2.75) is 319 Å². The van der Waals surface area contributed by atoms with Crippen molar-refractivity contribution in [3.63, 3.8) is 0 Å². The van der Waals surface area contributed by atoms with Crippen LogP contribution in [0.5, 0.6) is 0 Å². The molecule has 0 saturated carbocycles. The molecule has 0 radical (unpaired) electrons. The van der Waals surface area contributed by atoms with Gasteiger partial charge in [-0.1, -0.05) is 231 Å². The number of aliphatic hydroxyl groups is 8. The zero-order valence-corrected chi connectivity index (χ0v) is 44.3. The van der Waals surface area contributed by atoms with E-state index in [-0.39, 0.29) is 18.9 Å². The minimum absolute atomic E-state index is 0.262. The summed E-state index contributed by atoms with van der Waals surface area (Å²) in [4.78, 5) is 12.8. The average Bonchev–Trinajstić information content (AvgIpc) is 3.36. The van der Waals surface area contributed by atoms with Crippen LogP contribution in [0.2, 0.25) is 0 Å². The van der Waals surface area contributed by atoms with Crippen LogP contribution in [0.4, 0.5) is 0 Å². The fraction of sp³-hybridized carbons (Fsp3) is 0.946. The molecule has 1 amide bonds. The zero-order valence-electron chi connectivity index (χ0n) is 44.3. The number of carbonyl (C=O) groups excluding carboxylic acids is 1. The molecule has 0 spiro atoms. The van der Waals surface area contributed by atoms with Gasteiger partial charge in [0.15, 0.2) is 12.6 Å². The van der Waals surface area contributed by atoms with Crippen LogP contribution in [0.1, 0.15) is 245 Å². The minimum atomic E-state index is -1.78. The smallest absolute Gasteiger partial charge is 0.220 e. The molecule has 0 aromatic carbocycles. The second-order valence-electron chi connectivity index (χ2n) is 20.8. The van der Waals surface area contributed by atoms with E-state index in [1.165, 1.54) is 186 Å². The van der Waals surface area contributed by atoms with Crippen LogP contribution in [0.15, 0.2) is 12.2 Å². The van der Waals surface area contributed by atoms with Crippen LogP contribution in [-0.4, -0.2) is 140 Å². The largest absolute Gasteiger partial charge is 0.394 e. The molecule has 14 nitrogen and oxygen atoms in total. The van der Waals surface area contributed by atoms with Gasteiger partial charge in [-0.05, 0) is 19.3 Å². The first-order valence-corrected chi connectivity index (χ1v) is 28.9. The van der Waals surface area contributed by atoms with Crippen molar-refractivity contribution in [1.29, 1.82) is 0 Å². The number of ether oxygens (including phenoxy) is 4. The Hall–Kier alpha value is -1.27. The van der Waals surface area contributed by atoms with Gasteiger partial charge in [-0.15, -0.1) is 0 Å². The van der Waals surface area contributed by atoms with Gasteiger partial charge >= 0.3 is 0 Å². The van der Waals surface area contributed by atoms with Crippen LogP contribution >= 0.6 is 0 Å². The van der Waals surface area contributed by atoms with Gasteiger partial charge < -0.3 is 65.1 Å². The molecule has 414 valence electrons. The Morgan fingerprint density at radius 1 is 0.500 bits per heavy atom. The quantitative estimate of drug-likeness (QED) is 0.0205. The lowest BCUT2D eigenvalue weighted by molar-refractivity contribution is -0.359. The normalized spacial score (nSPS) is 26.0. The molecule has 2 saturated heterocycles. The van der Waals surface area contributed by atoms with Gasteiger partial charge in [-0.2, -0.15) is 0 Å². The highest BCUT2D eigenvalue weighted by molar-refractivity contribution is 5.76. The van der Waals surface area contributed by atoms with E-state index in [9.17, 15) is 45.6 Å². The lowest BCUT2D eigenvalue weighted by atomic mass is 9.97. The molecule has 2 aliphatic rings. The van der Waals surface area contributed by atoms with E-state index in [0.29, 0.717) is 6.42 Å². The highest BCUT2D eigenvalue weighted by Crippen LogP contribution is 2.30. The second kappa shape index (κ2) is 43.0. The van der Waals surface area contributed by atoms with E-state index in [1.54, 1.807) is 6.08 Å². The first-order valence-electron chi connectivity index (χ1n) is 28.9. The summed E-state index contributed by atoms with van der Waals surface area (Å²) in [5.41, 5.74) is 0. The van der Waals surface area contributed by atoms with E-state index in [1.807, 2.05) is 13.0 Å². The van der Waals surface area contributed by atoms with Gasteiger partial charge in [0.05, 0.1) is 32.0 Å². The molecule has 2 heterocycles. The van der Waals surface area contributed by atoms with Crippen LogP contribution in [-0.2, 0) is 23.7 Å². The van der Waals surface area contributed by atoms with Crippen LogP contribution in [0.3, 0.4) is 0 Å². The van der Waals surface area contributed by atoms with Crippen LogP contribution in [0.25, 0.3) is 0 Å². The number of carbonyl (C=O) groups is 1. The topological polar surface area (TPSA) is 228 Å². The van der Waals surface area contributed by atoms with Crippen molar-refractivity contribution in [3.05, 3.63) is 12.2 Å². The highest BCUT2D eigenvalue weighted by Gasteiger charge is 2.51. The first kappa shape index (κ1) is 64.8. The van der Waals surface area contributed by atoms with Gasteiger partial charge in [-0.3, -0.25) is 4.79 Å². The monoisotopic (exact) mass is 1000 g/mol. The lowest BCUT2D eigenvalue weighted by Gasteiger charge is -2.46. The summed E-state index contributed by atoms with van der Waals surface area (Å²) < 4.78 is 22.5. The van der Waals surface area contributed by atoms with E-state index in [4.69, 9.17) is 18.9 Å². The molecule has 12 unspecified atom stereocenters. The fourth-order valence-corrected chi connectivity index (χ4v) is 9.76. The summed E-state index contributed by atoms with van der Waals surface area (Å²) in [7, 11) is 0. The van der Waals surface area contributed by atoms with Gasteiger partial charge in [0.2, 0.25) is 5.91 Å². The number of hydrogen-bond acceptors (Lipinski definition) is 13. The highest BCUT2D eigenvalue weighted by atomic mass is 16.7. The third kappa shape index (κ3) is 29.0. The van der Waals surface area contributed by atoms with Crippen molar-refractivity contribution in [1.82, 2.24) is 5.32 Å². The molecule has 70 heavy (non-hydrogen) atoms. The molecule has 0 bridgehead atoms. The number of amides is 1. The van der Waals surface area contributed by atoms with Crippen molar-refractivity contribution in [2.24, 2.45) is 0 Å². The SMILES string of the molecule is CCCCCCCCCCCCCCCCCCCCCCCCCCCCCCCCC/C=C/C(O)C(COC1OC(CO)C(OC2OC(CO)C(O)C(O)C2O)C(O)C1O)NC(=O)CCCCC. The summed E-state index contributed by atoms with van der Waals surface area (Å²) in [6, 6.07) is -0.905. The summed E-state index contributed by atoms with van der Waals surface area (Å²) >= 11 is 0. The van der Waals surface area contributed by atoms with Gasteiger partial charge in [-0.25, -0.2) is 0 Å². The lowest BCUT2D eigenvalue weighted by Crippen LogP contribution is -2.65. The Morgan fingerprint density at radius 3 is 1.31 bits per heavy atom. The third-order valence-electron chi connectivity index (χ3n) is 14.5. The molecular formula is C56H107NO13. The maximum absolute atomic E-state index is 12.8. The molecule has 12 atom stereocenters. The molecule has 0 aromatic rings. The van der Waals surface area contributed by atoms with Gasteiger partial charge in [0.1, 0.15) is 48.8 Å². The summed E-state index contributed by atoms with van der Waals surface area (Å²) in [6.07, 6.45) is 32.7. The standard InChI is InChI=1S/C56H107NO13/c1-3-5-7-8-9-10-11-12-13-14-15-16-17-18-19-20-21-22-23-24-25-26-27-28-29-30-31-32-33-34-35-36-38-39-45(60)44(57-48(61)40-37-6-4-2)43-67-55-53(66)51(64)54(47(42-59)69-55)70-56-52(65)50(63)49(62)46(41-58)68-56/h38-39,44-47,49-56,58-60,62-66H,3-37,40-43H2,1-2H3,(H,57,61)/b39-38+. The van der Waals surface area contributed by atoms with E-state index in [0.717, 1.165) is 32.1 Å². The van der Waals surface area contributed by atoms with Gasteiger partial charge in [0.25, 0.3) is 0 Å².